The van der Waals surface area contributed by atoms with Crippen molar-refractivity contribution in [3.8, 4) is 0 Å². The average Bonchev–Trinajstić information content (AvgIpc) is 2.38. The number of hydrogen-bond acceptors (Lipinski definition) is 2. The van der Waals surface area contributed by atoms with Gasteiger partial charge in [-0.15, -0.1) is 11.6 Å². The standard InChI is InChI=1S/C13H19ClN2/c1-2-12-7-3-4-9-16(12)13-8-5-6-11(10-14)15-13/h5-6,8,12H,2-4,7,9-10H2,1H3. The van der Waals surface area contributed by atoms with E-state index in [1.54, 1.807) is 0 Å². The number of piperidine rings is 1. The molecule has 1 aliphatic rings. The first-order valence-electron chi connectivity index (χ1n) is 6.13. The second kappa shape index (κ2) is 5.53. The smallest absolute Gasteiger partial charge is 0.129 e. The molecule has 1 fully saturated rings. The fourth-order valence-corrected chi connectivity index (χ4v) is 2.58. The molecule has 1 saturated heterocycles. The number of alkyl halides is 1. The Balaban J connectivity index is 2.20. The summed E-state index contributed by atoms with van der Waals surface area (Å²) in [4.78, 5) is 7.05. The Hall–Kier alpha value is -0.760. The molecule has 2 heterocycles. The lowest BCUT2D eigenvalue weighted by Crippen LogP contribution is -2.39. The molecule has 2 nitrogen and oxygen atoms in total. The van der Waals surface area contributed by atoms with Crippen molar-refractivity contribution in [2.24, 2.45) is 0 Å². The molecular formula is C13H19ClN2. The van der Waals surface area contributed by atoms with E-state index < -0.39 is 0 Å². The molecule has 1 atom stereocenters. The van der Waals surface area contributed by atoms with Gasteiger partial charge in [-0.3, -0.25) is 0 Å². The van der Waals surface area contributed by atoms with Crippen LogP contribution in [0.5, 0.6) is 0 Å². The zero-order valence-electron chi connectivity index (χ0n) is 9.82. The van der Waals surface area contributed by atoms with Crippen molar-refractivity contribution in [1.29, 1.82) is 0 Å². The Kier molecular flexibility index (Phi) is 4.05. The molecule has 16 heavy (non-hydrogen) atoms. The Morgan fingerprint density at radius 3 is 3.06 bits per heavy atom. The summed E-state index contributed by atoms with van der Waals surface area (Å²) in [6, 6.07) is 6.80. The Morgan fingerprint density at radius 1 is 1.44 bits per heavy atom. The van der Waals surface area contributed by atoms with Gasteiger partial charge < -0.3 is 4.90 Å². The highest BCUT2D eigenvalue weighted by molar-refractivity contribution is 6.16. The molecule has 0 saturated carbocycles. The zero-order valence-corrected chi connectivity index (χ0v) is 10.6. The van der Waals surface area contributed by atoms with Gasteiger partial charge in [0.05, 0.1) is 11.6 Å². The summed E-state index contributed by atoms with van der Waals surface area (Å²) >= 11 is 5.83. The first kappa shape index (κ1) is 11.7. The van der Waals surface area contributed by atoms with Crippen molar-refractivity contribution in [3.63, 3.8) is 0 Å². The summed E-state index contributed by atoms with van der Waals surface area (Å²) in [7, 11) is 0. The highest BCUT2D eigenvalue weighted by atomic mass is 35.5. The van der Waals surface area contributed by atoms with Crippen LogP contribution >= 0.6 is 11.6 Å². The maximum absolute atomic E-state index is 5.83. The highest BCUT2D eigenvalue weighted by Crippen LogP contribution is 2.25. The van der Waals surface area contributed by atoms with Crippen LogP contribution in [0, 0.1) is 0 Å². The molecule has 0 N–H and O–H groups in total. The third-order valence-corrected chi connectivity index (χ3v) is 3.60. The van der Waals surface area contributed by atoms with E-state index in [1.807, 2.05) is 6.07 Å². The van der Waals surface area contributed by atoms with Crippen LogP contribution < -0.4 is 4.90 Å². The summed E-state index contributed by atoms with van der Waals surface area (Å²) in [6.45, 7) is 3.39. The van der Waals surface area contributed by atoms with E-state index in [0.717, 1.165) is 18.1 Å². The lowest BCUT2D eigenvalue weighted by Gasteiger charge is -2.36. The van der Waals surface area contributed by atoms with E-state index in [2.05, 4.69) is 28.9 Å². The third kappa shape index (κ3) is 2.49. The van der Waals surface area contributed by atoms with Gasteiger partial charge in [0.15, 0.2) is 0 Å². The second-order valence-electron chi connectivity index (χ2n) is 4.37. The molecule has 0 amide bonds. The zero-order chi connectivity index (χ0) is 11.4. The van der Waals surface area contributed by atoms with Crippen molar-refractivity contribution in [1.82, 2.24) is 4.98 Å². The largest absolute Gasteiger partial charge is 0.354 e. The molecule has 1 aromatic heterocycles. The summed E-state index contributed by atoms with van der Waals surface area (Å²) < 4.78 is 0. The molecule has 1 aromatic rings. The summed E-state index contributed by atoms with van der Waals surface area (Å²) in [5.74, 6) is 1.60. The van der Waals surface area contributed by atoms with Crippen molar-refractivity contribution in [2.75, 3.05) is 11.4 Å². The monoisotopic (exact) mass is 238 g/mol. The van der Waals surface area contributed by atoms with Crippen molar-refractivity contribution in [2.45, 2.75) is 44.5 Å². The van der Waals surface area contributed by atoms with E-state index in [0.29, 0.717) is 11.9 Å². The van der Waals surface area contributed by atoms with Crippen LogP contribution in [0.3, 0.4) is 0 Å². The molecule has 0 aromatic carbocycles. The summed E-state index contributed by atoms with van der Waals surface area (Å²) in [5.41, 5.74) is 0.972. The molecular weight excluding hydrogens is 220 g/mol. The van der Waals surface area contributed by atoms with E-state index >= 15 is 0 Å². The van der Waals surface area contributed by atoms with Gasteiger partial charge in [0.2, 0.25) is 0 Å². The maximum atomic E-state index is 5.83. The lowest BCUT2D eigenvalue weighted by molar-refractivity contribution is 0.446. The minimum atomic E-state index is 0.498. The third-order valence-electron chi connectivity index (χ3n) is 3.32. The van der Waals surface area contributed by atoms with Crippen LogP contribution in [0.25, 0.3) is 0 Å². The average molecular weight is 239 g/mol. The topological polar surface area (TPSA) is 16.1 Å². The van der Waals surface area contributed by atoms with Gasteiger partial charge in [0, 0.05) is 12.6 Å². The lowest BCUT2D eigenvalue weighted by atomic mass is 10.00. The van der Waals surface area contributed by atoms with Crippen molar-refractivity contribution in [3.05, 3.63) is 23.9 Å². The molecule has 0 radical (unpaired) electrons. The maximum Gasteiger partial charge on any atom is 0.129 e. The quantitative estimate of drug-likeness (QED) is 0.749. The van der Waals surface area contributed by atoms with E-state index in [4.69, 9.17) is 11.6 Å². The molecule has 0 aliphatic carbocycles. The normalized spacial score (nSPS) is 21.1. The molecule has 3 heteroatoms. The molecule has 1 unspecified atom stereocenters. The number of aromatic nitrogens is 1. The summed E-state index contributed by atoms with van der Waals surface area (Å²) in [6.07, 6.45) is 5.13. The van der Waals surface area contributed by atoms with Crippen LogP contribution in [-0.2, 0) is 5.88 Å². The van der Waals surface area contributed by atoms with Crippen LogP contribution in [-0.4, -0.2) is 17.6 Å². The molecule has 2 rings (SSSR count). The van der Waals surface area contributed by atoms with Gasteiger partial charge in [-0.1, -0.05) is 13.0 Å². The number of nitrogens with zero attached hydrogens (tertiary/aromatic N) is 2. The van der Waals surface area contributed by atoms with Crippen LogP contribution in [0.1, 0.15) is 38.3 Å². The Morgan fingerprint density at radius 2 is 2.31 bits per heavy atom. The van der Waals surface area contributed by atoms with Gasteiger partial charge >= 0.3 is 0 Å². The van der Waals surface area contributed by atoms with Crippen molar-refractivity contribution < 1.29 is 0 Å². The van der Waals surface area contributed by atoms with Gasteiger partial charge in [-0.25, -0.2) is 4.98 Å². The van der Waals surface area contributed by atoms with Gasteiger partial charge in [-0.2, -0.15) is 0 Å². The van der Waals surface area contributed by atoms with Crippen molar-refractivity contribution >= 4 is 17.4 Å². The first-order valence-corrected chi connectivity index (χ1v) is 6.67. The fourth-order valence-electron chi connectivity index (χ4n) is 2.43. The predicted octanol–water partition coefficient (Wildman–Crippen LogP) is 3.59. The van der Waals surface area contributed by atoms with Gasteiger partial charge in [0.1, 0.15) is 5.82 Å². The van der Waals surface area contributed by atoms with Crippen LogP contribution in [0.15, 0.2) is 18.2 Å². The number of pyridine rings is 1. The Bertz CT molecular complexity index is 340. The Labute approximate surface area is 103 Å². The fraction of sp³-hybridized carbons (Fsp3) is 0.615. The first-order chi connectivity index (χ1) is 7.85. The second-order valence-corrected chi connectivity index (χ2v) is 4.64. The molecule has 88 valence electrons. The summed E-state index contributed by atoms with van der Waals surface area (Å²) in [5, 5.41) is 0. The highest BCUT2D eigenvalue weighted by Gasteiger charge is 2.21. The number of anilines is 1. The molecule has 0 bridgehead atoms. The van der Waals surface area contributed by atoms with Crippen LogP contribution in [0.2, 0.25) is 0 Å². The number of rotatable bonds is 3. The molecule has 1 aliphatic heterocycles. The van der Waals surface area contributed by atoms with Gasteiger partial charge in [0.25, 0.3) is 0 Å². The van der Waals surface area contributed by atoms with E-state index in [1.165, 1.54) is 25.7 Å². The predicted molar refractivity (Wildman–Crippen MR) is 69.1 cm³/mol. The number of halogens is 1. The minimum absolute atomic E-state index is 0.498. The van der Waals surface area contributed by atoms with Crippen LogP contribution in [0.4, 0.5) is 5.82 Å². The SMILES string of the molecule is CCC1CCCCN1c1cccc(CCl)n1. The van der Waals surface area contributed by atoms with E-state index in [-0.39, 0.29) is 0 Å². The molecule has 0 spiro atoms. The van der Waals surface area contributed by atoms with E-state index in [9.17, 15) is 0 Å². The number of hydrogen-bond donors (Lipinski definition) is 0. The van der Waals surface area contributed by atoms with Gasteiger partial charge in [-0.05, 0) is 37.8 Å². The minimum Gasteiger partial charge on any atom is -0.354 e.